The first-order valence-electron chi connectivity index (χ1n) is 8.94. The van der Waals surface area contributed by atoms with E-state index in [1.165, 1.54) is 12.1 Å². The Labute approximate surface area is 152 Å². The molecule has 26 heavy (non-hydrogen) atoms. The molecule has 0 aliphatic carbocycles. The zero-order valence-electron chi connectivity index (χ0n) is 15.2. The number of benzene rings is 1. The van der Waals surface area contributed by atoms with Crippen LogP contribution in [0.2, 0.25) is 0 Å². The number of carbonyl (C=O) groups is 1. The molecule has 2 heterocycles. The van der Waals surface area contributed by atoms with Crippen molar-refractivity contribution in [2.45, 2.75) is 26.3 Å². The van der Waals surface area contributed by atoms with E-state index in [-0.39, 0.29) is 17.8 Å². The summed E-state index contributed by atoms with van der Waals surface area (Å²) in [6.45, 7) is 7.82. The molecule has 1 fully saturated rings. The number of nitrogens with one attached hydrogen (secondary N) is 1. The van der Waals surface area contributed by atoms with Crippen molar-refractivity contribution in [3.8, 4) is 5.69 Å². The van der Waals surface area contributed by atoms with Gasteiger partial charge in [0.25, 0.3) is 0 Å². The van der Waals surface area contributed by atoms with Crippen molar-refractivity contribution in [2.75, 3.05) is 32.8 Å². The summed E-state index contributed by atoms with van der Waals surface area (Å²) < 4.78 is 20.5. The predicted octanol–water partition coefficient (Wildman–Crippen LogP) is 2.22. The van der Waals surface area contributed by atoms with Crippen LogP contribution >= 0.6 is 0 Å². The van der Waals surface area contributed by atoms with Gasteiger partial charge in [0.1, 0.15) is 5.82 Å². The van der Waals surface area contributed by atoms with Crippen LogP contribution in [0.15, 0.2) is 30.5 Å². The fraction of sp³-hybridized carbons (Fsp3) is 0.474. The molecule has 0 saturated carbocycles. The molecule has 0 radical (unpaired) electrons. The number of rotatable bonds is 6. The molecule has 1 aromatic heterocycles. The van der Waals surface area contributed by atoms with E-state index in [0.29, 0.717) is 12.1 Å². The maximum atomic E-state index is 13.5. The van der Waals surface area contributed by atoms with E-state index in [9.17, 15) is 9.18 Å². The lowest BCUT2D eigenvalue weighted by Gasteiger charge is -2.26. The van der Waals surface area contributed by atoms with Crippen molar-refractivity contribution < 1.29 is 13.9 Å². The third-order valence-electron chi connectivity index (χ3n) is 4.70. The maximum Gasteiger partial charge on any atom is 0.221 e. The summed E-state index contributed by atoms with van der Waals surface area (Å²) in [5.74, 6) is -0.287. The summed E-state index contributed by atoms with van der Waals surface area (Å²) in [6.07, 6.45) is 2.19. The van der Waals surface area contributed by atoms with Crippen LogP contribution in [0.25, 0.3) is 5.69 Å². The molecule has 1 aromatic carbocycles. The number of aromatic nitrogens is 2. The molecule has 1 unspecified atom stereocenters. The average molecular weight is 360 g/mol. The number of amides is 1. The fourth-order valence-corrected chi connectivity index (χ4v) is 3.19. The highest BCUT2D eigenvalue weighted by Gasteiger charge is 2.17. The lowest BCUT2D eigenvalue weighted by molar-refractivity contribution is -0.122. The van der Waals surface area contributed by atoms with Crippen molar-refractivity contribution in [3.05, 3.63) is 47.5 Å². The van der Waals surface area contributed by atoms with Crippen LogP contribution in [-0.2, 0) is 9.53 Å². The molecule has 1 aliphatic heterocycles. The molecular formula is C19H25FN4O2. The second kappa shape index (κ2) is 8.42. The standard InChI is InChI=1S/C19H25FN4O2/c1-14(22-19(25)6-7-23-8-10-26-11-9-23)18-13-21-24(15(18)2)17-5-3-4-16(20)12-17/h3-5,12-14H,6-11H2,1-2H3,(H,22,25). The topological polar surface area (TPSA) is 59.4 Å². The zero-order chi connectivity index (χ0) is 18.5. The number of ether oxygens (including phenoxy) is 1. The van der Waals surface area contributed by atoms with Gasteiger partial charge in [-0.3, -0.25) is 9.69 Å². The van der Waals surface area contributed by atoms with Crippen LogP contribution in [0.3, 0.4) is 0 Å². The van der Waals surface area contributed by atoms with E-state index in [0.717, 1.165) is 44.1 Å². The van der Waals surface area contributed by atoms with Crippen LogP contribution in [0.4, 0.5) is 4.39 Å². The SMILES string of the molecule is Cc1c(C(C)NC(=O)CCN2CCOCC2)cnn1-c1cccc(F)c1. The van der Waals surface area contributed by atoms with Gasteiger partial charge in [0.05, 0.1) is 31.1 Å². The molecule has 7 heteroatoms. The van der Waals surface area contributed by atoms with Crippen LogP contribution < -0.4 is 5.32 Å². The van der Waals surface area contributed by atoms with Crippen molar-refractivity contribution in [3.63, 3.8) is 0 Å². The number of nitrogens with zero attached hydrogens (tertiary/aromatic N) is 3. The smallest absolute Gasteiger partial charge is 0.221 e. The van der Waals surface area contributed by atoms with Gasteiger partial charge in [0.15, 0.2) is 0 Å². The zero-order valence-corrected chi connectivity index (χ0v) is 15.2. The second-order valence-electron chi connectivity index (χ2n) is 6.57. The van der Waals surface area contributed by atoms with Gasteiger partial charge in [-0.2, -0.15) is 5.10 Å². The number of hydrogen-bond acceptors (Lipinski definition) is 4. The van der Waals surface area contributed by atoms with Crippen molar-refractivity contribution in [1.82, 2.24) is 20.0 Å². The van der Waals surface area contributed by atoms with Gasteiger partial charge in [-0.25, -0.2) is 9.07 Å². The van der Waals surface area contributed by atoms with Gasteiger partial charge in [-0.15, -0.1) is 0 Å². The number of hydrogen-bond donors (Lipinski definition) is 1. The molecule has 140 valence electrons. The molecular weight excluding hydrogens is 335 g/mol. The van der Waals surface area contributed by atoms with E-state index in [1.807, 2.05) is 13.8 Å². The Balaban J connectivity index is 1.59. The Bertz CT molecular complexity index is 756. The van der Waals surface area contributed by atoms with E-state index >= 15 is 0 Å². The van der Waals surface area contributed by atoms with Crippen molar-refractivity contribution >= 4 is 5.91 Å². The minimum atomic E-state index is -0.302. The van der Waals surface area contributed by atoms with Crippen LogP contribution in [0.1, 0.15) is 30.6 Å². The second-order valence-corrected chi connectivity index (χ2v) is 6.57. The minimum Gasteiger partial charge on any atom is -0.379 e. The molecule has 0 bridgehead atoms. The number of morpholine rings is 1. The lowest BCUT2D eigenvalue weighted by atomic mass is 10.1. The first kappa shape index (κ1) is 18.5. The highest BCUT2D eigenvalue weighted by molar-refractivity contribution is 5.76. The summed E-state index contributed by atoms with van der Waals surface area (Å²) in [5.41, 5.74) is 2.48. The average Bonchev–Trinajstić information content (AvgIpc) is 3.02. The monoisotopic (exact) mass is 360 g/mol. The number of carbonyl (C=O) groups excluding carboxylic acids is 1. The first-order chi connectivity index (χ1) is 12.5. The van der Waals surface area contributed by atoms with Crippen LogP contribution in [-0.4, -0.2) is 53.4 Å². The molecule has 2 aromatic rings. The third kappa shape index (κ3) is 4.47. The van der Waals surface area contributed by atoms with Gasteiger partial charge < -0.3 is 10.1 Å². The van der Waals surface area contributed by atoms with E-state index in [4.69, 9.17) is 4.74 Å². The Morgan fingerprint density at radius 1 is 1.38 bits per heavy atom. The minimum absolute atomic E-state index is 0.0156. The van der Waals surface area contributed by atoms with Crippen LogP contribution in [0.5, 0.6) is 0 Å². The molecule has 1 atom stereocenters. The maximum absolute atomic E-state index is 13.5. The summed E-state index contributed by atoms with van der Waals surface area (Å²) >= 11 is 0. The fourth-order valence-electron chi connectivity index (χ4n) is 3.19. The molecule has 6 nitrogen and oxygen atoms in total. The van der Waals surface area contributed by atoms with Gasteiger partial charge in [-0.05, 0) is 32.0 Å². The van der Waals surface area contributed by atoms with Gasteiger partial charge in [-0.1, -0.05) is 6.07 Å². The Kier molecular flexibility index (Phi) is 6.00. The molecule has 3 rings (SSSR count). The summed E-state index contributed by atoms with van der Waals surface area (Å²) in [4.78, 5) is 14.5. The first-order valence-corrected chi connectivity index (χ1v) is 8.94. The Morgan fingerprint density at radius 2 is 2.15 bits per heavy atom. The summed E-state index contributed by atoms with van der Waals surface area (Å²) in [6, 6.07) is 6.14. The molecule has 1 amide bonds. The largest absolute Gasteiger partial charge is 0.379 e. The number of halogens is 1. The summed E-state index contributed by atoms with van der Waals surface area (Å²) in [7, 11) is 0. The quantitative estimate of drug-likeness (QED) is 0.858. The van der Waals surface area contributed by atoms with Gasteiger partial charge in [0, 0.05) is 37.3 Å². The Hall–Kier alpha value is -2.25. The lowest BCUT2D eigenvalue weighted by Crippen LogP contribution is -2.39. The third-order valence-corrected chi connectivity index (χ3v) is 4.70. The molecule has 1 saturated heterocycles. The van der Waals surface area contributed by atoms with Gasteiger partial charge in [0.2, 0.25) is 5.91 Å². The van der Waals surface area contributed by atoms with Crippen LogP contribution in [0, 0.1) is 12.7 Å². The van der Waals surface area contributed by atoms with E-state index in [1.54, 1.807) is 23.0 Å². The van der Waals surface area contributed by atoms with Gasteiger partial charge >= 0.3 is 0 Å². The Morgan fingerprint density at radius 3 is 2.88 bits per heavy atom. The highest BCUT2D eigenvalue weighted by atomic mass is 19.1. The van der Waals surface area contributed by atoms with Crippen molar-refractivity contribution in [1.29, 1.82) is 0 Å². The molecule has 0 spiro atoms. The summed E-state index contributed by atoms with van der Waals surface area (Å²) in [5, 5.41) is 7.38. The van der Waals surface area contributed by atoms with E-state index in [2.05, 4.69) is 15.3 Å². The molecule has 1 aliphatic rings. The highest BCUT2D eigenvalue weighted by Crippen LogP contribution is 2.20. The molecule has 1 N–H and O–H groups in total. The normalized spacial score (nSPS) is 16.4. The van der Waals surface area contributed by atoms with Crippen molar-refractivity contribution in [2.24, 2.45) is 0 Å². The van der Waals surface area contributed by atoms with E-state index < -0.39 is 0 Å². The predicted molar refractivity (Wildman–Crippen MR) is 96.7 cm³/mol.